The van der Waals surface area contributed by atoms with E-state index in [1.807, 2.05) is 0 Å². The molecule has 7 nitrogen and oxygen atoms in total. The maximum absolute atomic E-state index is 13.4. The molecule has 3 rings (SSSR count). The lowest BCUT2D eigenvalue weighted by Crippen LogP contribution is -2.12. The molecule has 0 amide bonds. The summed E-state index contributed by atoms with van der Waals surface area (Å²) in [6, 6.07) is 11.2. The number of nitrogens with zero attached hydrogens (tertiary/aromatic N) is 5. The first kappa shape index (κ1) is 21.6. The van der Waals surface area contributed by atoms with E-state index in [4.69, 9.17) is 17.1 Å². The Morgan fingerprint density at radius 3 is 2.07 bits per heavy atom. The fraction of sp³-hybridized carbons (Fsp3) is 0.111. The number of azide groups is 1. The second-order valence-electron chi connectivity index (χ2n) is 6.09. The van der Waals surface area contributed by atoms with Gasteiger partial charge >= 0.3 is 6.18 Å². The highest BCUT2D eigenvalue weighted by Crippen LogP contribution is 2.40. The molecule has 0 unspecified atom stereocenters. The number of benzene rings is 2. The van der Waals surface area contributed by atoms with Gasteiger partial charge in [-0.1, -0.05) is 35.9 Å². The molecular formula is C18H11ClF3N5O2S. The summed E-state index contributed by atoms with van der Waals surface area (Å²) in [4.78, 5) is 9.60. The summed E-state index contributed by atoms with van der Waals surface area (Å²) in [6.45, 7) is 0. The van der Waals surface area contributed by atoms with Gasteiger partial charge in [0, 0.05) is 27.3 Å². The number of hydrogen-bond acceptors (Lipinski definition) is 5. The molecule has 0 aliphatic rings. The third-order valence-electron chi connectivity index (χ3n) is 3.97. The summed E-state index contributed by atoms with van der Waals surface area (Å²) >= 11 is 5.88. The normalized spacial score (nSPS) is 11.8. The van der Waals surface area contributed by atoms with Crippen LogP contribution in [0, 0.1) is 0 Å². The van der Waals surface area contributed by atoms with Crippen molar-refractivity contribution in [1.29, 1.82) is 0 Å². The Morgan fingerprint density at radius 1 is 1.00 bits per heavy atom. The predicted octanol–water partition coefficient (Wildman–Crippen LogP) is 5.83. The van der Waals surface area contributed by atoms with E-state index in [9.17, 15) is 21.6 Å². The summed E-state index contributed by atoms with van der Waals surface area (Å²) in [7, 11) is -3.51. The van der Waals surface area contributed by atoms with Crippen LogP contribution in [0.2, 0.25) is 5.02 Å². The summed E-state index contributed by atoms with van der Waals surface area (Å²) in [6.07, 6.45) is -3.90. The van der Waals surface area contributed by atoms with Crippen LogP contribution in [0.5, 0.6) is 0 Å². The first-order chi connectivity index (χ1) is 14.0. The van der Waals surface area contributed by atoms with Gasteiger partial charge in [0.15, 0.2) is 9.84 Å². The van der Waals surface area contributed by atoms with Crippen molar-refractivity contribution in [3.63, 3.8) is 0 Å². The number of alkyl halides is 3. The molecule has 1 heterocycles. The summed E-state index contributed by atoms with van der Waals surface area (Å²) in [5, 5.41) is 3.71. The van der Waals surface area contributed by atoms with Crippen molar-refractivity contribution in [2.24, 2.45) is 5.11 Å². The van der Waals surface area contributed by atoms with Gasteiger partial charge in [-0.05, 0) is 40.5 Å². The van der Waals surface area contributed by atoms with Crippen molar-refractivity contribution in [2.45, 2.75) is 11.1 Å². The summed E-state index contributed by atoms with van der Waals surface area (Å²) in [5.41, 5.74) is 9.25. The van der Waals surface area contributed by atoms with E-state index in [0.29, 0.717) is 10.6 Å². The Labute approximate surface area is 173 Å². The van der Waals surface area contributed by atoms with Crippen LogP contribution in [0.4, 0.5) is 19.0 Å². The van der Waals surface area contributed by atoms with Crippen LogP contribution in [0.3, 0.4) is 0 Å². The second kappa shape index (κ2) is 7.94. The zero-order chi connectivity index (χ0) is 22.1. The van der Waals surface area contributed by atoms with Crippen molar-refractivity contribution >= 4 is 27.3 Å². The van der Waals surface area contributed by atoms with Crippen LogP contribution >= 0.6 is 11.6 Å². The quantitative estimate of drug-likeness (QED) is 0.281. The van der Waals surface area contributed by atoms with E-state index in [2.05, 4.69) is 20.0 Å². The van der Waals surface area contributed by atoms with E-state index in [-0.39, 0.29) is 21.7 Å². The molecule has 0 spiro atoms. The van der Waals surface area contributed by atoms with Gasteiger partial charge in [-0.3, -0.25) is 0 Å². The second-order valence-corrected chi connectivity index (χ2v) is 8.54. The highest BCUT2D eigenvalue weighted by Gasteiger charge is 2.36. The predicted molar refractivity (Wildman–Crippen MR) is 105 cm³/mol. The molecule has 0 bridgehead atoms. The highest BCUT2D eigenvalue weighted by atomic mass is 35.5. The zero-order valence-corrected chi connectivity index (χ0v) is 16.7. The SMILES string of the molecule is CS(=O)(=O)c1ccc(-c2nc(C(F)(F)F)nc(N=[N+]=[N-])c2-c2ccc(Cl)cc2)cc1. The number of hydrogen-bond donors (Lipinski definition) is 0. The van der Waals surface area contributed by atoms with Gasteiger partial charge in [0.25, 0.3) is 0 Å². The maximum atomic E-state index is 13.4. The molecule has 154 valence electrons. The Kier molecular flexibility index (Phi) is 5.71. The van der Waals surface area contributed by atoms with Gasteiger partial charge in [0.05, 0.1) is 10.6 Å². The highest BCUT2D eigenvalue weighted by molar-refractivity contribution is 7.90. The Bertz CT molecular complexity index is 1250. The van der Waals surface area contributed by atoms with E-state index in [0.717, 1.165) is 6.26 Å². The monoisotopic (exact) mass is 453 g/mol. The van der Waals surface area contributed by atoms with Crippen LogP contribution in [0.15, 0.2) is 58.5 Å². The molecule has 0 aliphatic heterocycles. The number of sulfone groups is 1. The molecule has 1 aromatic heterocycles. The Balaban J connectivity index is 2.36. The van der Waals surface area contributed by atoms with Crippen molar-refractivity contribution in [3.05, 3.63) is 69.8 Å². The topological polar surface area (TPSA) is 109 Å². The number of rotatable bonds is 4. The molecule has 2 aromatic carbocycles. The van der Waals surface area contributed by atoms with Gasteiger partial charge in [-0.2, -0.15) is 13.2 Å². The van der Waals surface area contributed by atoms with Crippen molar-refractivity contribution < 1.29 is 21.6 Å². The first-order valence-corrected chi connectivity index (χ1v) is 10.4. The average Bonchev–Trinajstić information content (AvgIpc) is 2.67. The minimum atomic E-state index is -4.90. The van der Waals surface area contributed by atoms with Gasteiger partial charge in [-0.25, -0.2) is 18.4 Å². The largest absolute Gasteiger partial charge is 0.451 e. The number of halogens is 4. The standard InChI is InChI=1S/C18H11ClF3N5O2S/c1-30(28,29)13-8-4-11(5-9-13)15-14(10-2-6-12(19)7-3-10)16(26-27-23)25-17(24-15)18(20,21)22/h2-9H,1H3. The summed E-state index contributed by atoms with van der Waals surface area (Å²) in [5.74, 6) is -2.02. The Hall–Kier alpha value is -3.14. The molecule has 0 fully saturated rings. The fourth-order valence-electron chi connectivity index (χ4n) is 2.64. The molecule has 0 atom stereocenters. The van der Waals surface area contributed by atoms with Gasteiger partial charge < -0.3 is 0 Å². The molecule has 30 heavy (non-hydrogen) atoms. The maximum Gasteiger partial charge on any atom is 0.451 e. The van der Waals surface area contributed by atoms with Crippen LogP contribution in [-0.2, 0) is 16.0 Å². The third kappa shape index (κ3) is 4.54. The molecule has 3 aromatic rings. The number of aromatic nitrogens is 2. The first-order valence-electron chi connectivity index (χ1n) is 8.11. The van der Waals surface area contributed by atoms with Crippen LogP contribution in [-0.4, -0.2) is 24.6 Å². The van der Waals surface area contributed by atoms with E-state index in [1.165, 1.54) is 48.5 Å². The lowest BCUT2D eigenvalue weighted by atomic mass is 9.99. The lowest BCUT2D eigenvalue weighted by Gasteiger charge is -2.15. The fourth-order valence-corrected chi connectivity index (χ4v) is 3.40. The van der Waals surface area contributed by atoms with E-state index < -0.39 is 27.7 Å². The van der Waals surface area contributed by atoms with Crippen molar-refractivity contribution in [3.8, 4) is 22.4 Å². The lowest BCUT2D eigenvalue weighted by molar-refractivity contribution is -0.144. The van der Waals surface area contributed by atoms with E-state index in [1.54, 1.807) is 0 Å². The van der Waals surface area contributed by atoms with Crippen molar-refractivity contribution in [2.75, 3.05) is 6.26 Å². The van der Waals surface area contributed by atoms with Gasteiger partial charge in [0.2, 0.25) is 5.82 Å². The molecular weight excluding hydrogens is 443 g/mol. The molecule has 12 heteroatoms. The van der Waals surface area contributed by atoms with Gasteiger partial charge in [-0.15, -0.1) is 0 Å². The molecule has 0 saturated heterocycles. The zero-order valence-electron chi connectivity index (χ0n) is 15.1. The van der Waals surface area contributed by atoms with Crippen LogP contribution < -0.4 is 0 Å². The van der Waals surface area contributed by atoms with Crippen molar-refractivity contribution in [1.82, 2.24) is 9.97 Å². The molecule has 0 saturated carbocycles. The summed E-state index contributed by atoms with van der Waals surface area (Å²) < 4.78 is 63.4. The van der Waals surface area contributed by atoms with Crippen LogP contribution in [0.25, 0.3) is 32.8 Å². The molecule has 0 radical (unpaired) electrons. The van der Waals surface area contributed by atoms with Crippen LogP contribution in [0.1, 0.15) is 5.82 Å². The van der Waals surface area contributed by atoms with E-state index >= 15 is 0 Å². The minimum Gasteiger partial charge on any atom is -0.224 e. The Morgan fingerprint density at radius 2 is 1.57 bits per heavy atom. The smallest absolute Gasteiger partial charge is 0.224 e. The molecule has 0 aliphatic carbocycles. The third-order valence-corrected chi connectivity index (χ3v) is 5.35. The molecule has 0 N–H and O–H groups in total. The average molecular weight is 454 g/mol. The minimum absolute atomic E-state index is 0.0142. The van der Waals surface area contributed by atoms with Gasteiger partial charge in [0.1, 0.15) is 5.82 Å².